The molecular weight excluding hydrogens is 401 g/mol. The molecule has 1 aliphatic carbocycles. The molecule has 0 radical (unpaired) electrons. The lowest BCUT2D eigenvalue weighted by atomic mass is 10.0. The Morgan fingerprint density at radius 2 is 1.87 bits per heavy atom. The lowest BCUT2D eigenvalue weighted by Gasteiger charge is -2.33. The molecular formula is C17H36IN5. The molecule has 1 saturated heterocycles. The summed E-state index contributed by atoms with van der Waals surface area (Å²) in [6.07, 6.45) is 6.87. The maximum atomic E-state index is 4.39. The van der Waals surface area contributed by atoms with E-state index in [1.807, 2.05) is 7.05 Å². The zero-order chi connectivity index (χ0) is 16.2. The van der Waals surface area contributed by atoms with Crippen LogP contribution in [0, 0.1) is 0 Å². The van der Waals surface area contributed by atoms with Gasteiger partial charge in [0.15, 0.2) is 5.96 Å². The molecule has 6 heteroatoms. The van der Waals surface area contributed by atoms with Crippen molar-refractivity contribution in [1.29, 1.82) is 0 Å². The summed E-state index contributed by atoms with van der Waals surface area (Å²) in [5, 5.41) is 7.09. The average molecular weight is 437 g/mol. The number of hydrogen-bond acceptors (Lipinski definition) is 3. The average Bonchev–Trinajstić information content (AvgIpc) is 3.14. The normalized spacial score (nSPS) is 24.1. The van der Waals surface area contributed by atoms with Crippen LogP contribution in [-0.4, -0.2) is 74.2 Å². The van der Waals surface area contributed by atoms with Gasteiger partial charge in [-0.1, -0.05) is 12.8 Å². The number of guanidine groups is 1. The first-order valence-electron chi connectivity index (χ1n) is 8.81. The molecule has 2 aliphatic rings. The highest BCUT2D eigenvalue weighted by atomic mass is 127. The topological polar surface area (TPSA) is 42.9 Å². The maximum Gasteiger partial charge on any atom is 0.191 e. The highest BCUT2D eigenvalue weighted by Gasteiger charge is 2.30. The van der Waals surface area contributed by atoms with E-state index in [2.05, 4.69) is 53.4 Å². The molecule has 1 atom stereocenters. The third kappa shape index (κ3) is 6.05. The fourth-order valence-corrected chi connectivity index (χ4v) is 3.35. The van der Waals surface area contributed by atoms with Crippen molar-refractivity contribution in [1.82, 2.24) is 20.4 Å². The number of halogens is 1. The highest BCUT2D eigenvalue weighted by molar-refractivity contribution is 14.0. The molecule has 0 aromatic carbocycles. The fourth-order valence-electron chi connectivity index (χ4n) is 3.35. The summed E-state index contributed by atoms with van der Waals surface area (Å²) in [6.45, 7) is 7.78. The maximum absolute atomic E-state index is 4.39. The Balaban J connectivity index is 0.00000264. The number of hydrogen-bond donors (Lipinski definition) is 2. The van der Waals surface area contributed by atoms with Gasteiger partial charge in [0, 0.05) is 44.3 Å². The van der Waals surface area contributed by atoms with Crippen LogP contribution in [0.15, 0.2) is 4.99 Å². The number of nitrogens with one attached hydrogen (secondary N) is 2. The summed E-state index contributed by atoms with van der Waals surface area (Å²) in [7, 11) is 6.10. The molecule has 0 aromatic heterocycles. The molecule has 1 saturated carbocycles. The Morgan fingerprint density at radius 1 is 1.22 bits per heavy atom. The lowest BCUT2D eigenvalue weighted by molar-refractivity contribution is 0.197. The first-order valence-corrected chi connectivity index (χ1v) is 8.81. The molecule has 5 nitrogen and oxygen atoms in total. The predicted molar refractivity (Wildman–Crippen MR) is 110 cm³/mol. The van der Waals surface area contributed by atoms with Crippen LogP contribution in [-0.2, 0) is 0 Å². The molecule has 0 amide bonds. The zero-order valence-electron chi connectivity index (χ0n) is 15.6. The molecule has 2 fully saturated rings. The number of likely N-dealkylation sites (N-methyl/N-ethyl adjacent to an activating group) is 1. The second kappa shape index (κ2) is 9.42. The van der Waals surface area contributed by atoms with E-state index >= 15 is 0 Å². The lowest BCUT2D eigenvalue weighted by Crippen LogP contribution is -2.52. The second-order valence-corrected chi connectivity index (χ2v) is 7.70. The van der Waals surface area contributed by atoms with E-state index < -0.39 is 0 Å². The van der Waals surface area contributed by atoms with Crippen LogP contribution in [0.3, 0.4) is 0 Å². The van der Waals surface area contributed by atoms with Gasteiger partial charge in [-0.25, -0.2) is 0 Å². The molecule has 2 rings (SSSR count). The van der Waals surface area contributed by atoms with Crippen LogP contribution < -0.4 is 10.6 Å². The number of aliphatic imine (C=N–C) groups is 1. The van der Waals surface area contributed by atoms with Crippen molar-refractivity contribution in [3.63, 3.8) is 0 Å². The van der Waals surface area contributed by atoms with Crippen molar-refractivity contribution >= 4 is 29.9 Å². The minimum atomic E-state index is 0. The SMILES string of the molecule is CN=C(NCC(C)(C)N(C)C)NC1CCN(C2CCCC2)C1.I. The van der Waals surface area contributed by atoms with Crippen LogP contribution >= 0.6 is 24.0 Å². The predicted octanol–water partition coefficient (Wildman–Crippen LogP) is 2.13. The molecule has 136 valence electrons. The van der Waals surface area contributed by atoms with Crippen LogP contribution in [0.2, 0.25) is 0 Å². The van der Waals surface area contributed by atoms with Gasteiger partial charge in [0.2, 0.25) is 0 Å². The Labute approximate surface area is 159 Å². The van der Waals surface area contributed by atoms with Gasteiger partial charge in [0.05, 0.1) is 0 Å². The van der Waals surface area contributed by atoms with Gasteiger partial charge >= 0.3 is 0 Å². The van der Waals surface area contributed by atoms with E-state index in [1.54, 1.807) is 0 Å². The third-order valence-electron chi connectivity index (χ3n) is 5.52. The smallest absolute Gasteiger partial charge is 0.191 e. The van der Waals surface area contributed by atoms with E-state index in [4.69, 9.17) is 0 Å². The minimum absolute atomic E-state index is 0. The first-order chi connectivity index (χ1) is 10.4. The number of rotatable bonds is 5. The molecule has 0 bridgehead atoms. The Morgan fingerprint density at radius 3 is 2.43 bits per heavy atom. The summed E-state index contributed by atoms with van der Waals surface area (Å²) in [6, 6.07) is 1.38. The quantitative estimate of drug-likeness (QED) is 0.393. The molecule has 23 heavy (non-hydrogen) atoms. The van der Waals surface area contributed by atoms with E-state index in [0.717, 1.165) is 18.5 Å². The highest BCUT2D eigenvalue weighted by Crippen LogP contribution is 2.26. The minimum Gasteiger partial charge on any atom is -0.355 e. The molecule has 0 spiro atoms. The van der Waals surface area contributed by atoms with Gasteiger partial charge in [0.25, 0.3) is 0 Å². The van der Waals surface area contributed by atoms with Crippen LogP contribution in [0.5, 0.6) is 0 Å². The Kier molecular flexibility index (Phi) is 8.58. The summed E-state index contributed by atoms with van der Waals surface area (Å²) in [5.74, 6) is 0.938. The molecule has 1 heterocycles. The van der Waals surface area contributed by atoms with Crippen LogP contribution in [0.1, 0.15) is 46.0 Å². The first kappa shape index (κ1) is 21.0. The van der Waals surface area contributed by atoms with Gasteiger partial charge in [-0.15, -0.1) is 24.0 Å². The van der Waals surface area contributed by atoms with Crippen molar-refractivity contribution in [2.75, 3.05) is 40.8 Å². The van der Waals surface area contributed by atoms with Gasteiger partial charge in [0.1, 0.15) is 0 Å². The number of nitrogens with zero attached hydrogens (tertiary/aromatic N) is 3. The van der Waals surface area contributed by atoms with E-state index in [0.29, 0.717) is 6.04 Å². The van der Waals surface area contributed by atoms with Crippen molar-refractivity contribution < 1.29 is 0 Å². The molecule has 1 unspecified atom stereocenters. The van der Waals surface area contributed by atoms with Crippen molar-refractivity contribution in [2.24, 2.45) is 4.99 Å². The summed E-state index contributed by atoms with van der Waals surface area (Å²) < 4.78 is 0. The molecule has 0 aromatic rings. The largest absolute Gasteiger partial charge is 0.355 e. The van der Waals surface area contributed by atoms with E-state index in [-0.39, 0.29) is 29.5 Å². The third-order valence-corrected chi connectivity index (χ3v) is 5.52. The van der Waals surface area contributed by atoms with Crippen molar-refractivity contribution in [3.05, 3.63) is 0 Å². The standard InChI is InChI=1S/C17H35N5.HI/c1-17(2,21(4)5)13-19-16(18-3)20-14-10-11-22(12-14)15-8-6-7-9-15;/h14-15H,6-13H2,1-5H3,(H2,18,19,20);1H. The van der Waals surface area contributed by atoms with E-state index in [9.17, 15) is 0 Å². The van der Waals surface area contributed by atoms with Gasteiger partial charge < -0.3 is 15.5 Å². The summed E-state index contributed by atoms with van der Waals surface area (Å²) in [5.41, 5.74) is 0.114. The van der Waals surface area contributed by atoms with Crippen LogP contribution in [0.25, 0.3) is 0 Å². The molecule has 1 aliphatic heterocycles. The molecule has 2 N–H and O–H groups in total. The van der Waals surface area contributed by atoms with Crippen LogP contribution in [0.4, 0.5) is 0 Å². The Hall–Kier alpha value is -0.0800. The van der Waals surface area contributed by atoms with Gasteiger partial charge in [-0.2, -0.15) is 0 Å². The van der Waals surface area contributed by atoms with E-state index in [1.165, 1.54) is 45.2 Å². The monoisotopic (exact) mass is 437 g/mol. The van der Waals surface area contributed by atoms with Gasteiger partial charge in [-0.3, -0.25) is 9.89 Å². The van der Waals surface area contributed by atoms with Crippen molar-refractivity contribution in [2.45, 2.75) is 63.6 Å². The Bertz CT molecular complexity index is 377. The zero-order valence-corrected chi connectivity index (χ0v) is 17.9. The fraction of sp³-hybridized carbons (Fsp3) is 0.941. The number of likely N-dealkylation sites (tertiary alicyclic amines) is 1. The van der Waals surface area contributed by atoms with Crippen molar-refractivity contribution in [3.8, 4) is 0 Å². The van der Waals surface area contributed by atoms with Gasteiger partial charge in [-0.05, 0) is 47.2 Å². The second-order valence-electron chi connectivity index (χ2n) is 7.70. The summed E-state index contributed by atoms with van der Waals surface area (Å²) >= 11 is 0. The summed E-state index contributed by atoms with van der Waals surface area (Å²) in [4.78, 5) is 9.32.